The Hall–Kier alpha value is -2.90. The first-order valence-electron chi connectivity index (χ1n) is 7.45. The minimum absolute atomic E-state index is 0.128. The van der Waals surface area contributed by atoms with E-state index < -0.39 is 18.1 Å². The van der Waals surface area contributed by atoms with Gasteiger partial charge in [0.2, 0.25) is 11.8 Å². The molecule has 1 aliphatic rings. The summed E-state index contributed by atoms with van der Waals surface area (Å²) in [6.07, 6.45) is 0.344. The molecular formula is C16H20N2O6. The summed E-state index contributed by atoms with van der Waals surface area (Å²) in [4.78, 5) is 42.2. The van der Waals surface area contributed by atoms with Gasteiger partial charge in [-0.25, -0.2) is 9.59 Å². The van der Waals surface area contributed by atoms with Crippen molar-refractivity contribution in [3.63, 3.8) is 0 Å². The topological polar surface area (TPSA) is 122 Å². The molecule has 2 rings (SSSR count). The zero-order chi connectivity index (χ0) is 17.9. The molecule has 1 heterocycles. The van der Waals surface area contributed by atoms with Crippen LogP contribution in [0, 0.1) is 0 Å². The van der Waals surface area contributed by atoms with Crippen LogP contribution in [0.2, 0.25) is 0 Å². The molecule has 0 spiro atoms. The molecule has 8 nitrogen and oxygen atoms in total. The standard InChI is InChI=1S/C12H15NO4.C4H5NO2/c1-2-10(11(14)15)13-12(16)17-8-9-6-4-3-5-7-9;6-3-1-2-4(7)5-3/h3-7,10H,2,8H2,1H3,(H,13,16)(H,14,15);1-2H2,(H,5,6,7). The maximum absolute atomic E-state index is 11.3. The fourth-order valence-electron chi connectivity index (χ4n) is 1.75. The first kappa shape index (κ1) is 19.1. The van der Waals surface area contributed by atoms with Crippen molar-refractivity contribution in [3.8, 4) is 0 Å². The van der Waals surface area contributed by atoms with Gasteiger partial charge in [0, 0.05) is 12.8 Å². The van der Waals surface area contributed by atoms with E-state index in [2.05, 4.69) is 10.6 Å². The molecule has 1 saturated heterocycles. The smallest absolute Gasteiger partial charge is 0.408 e. The summed E-state index contributed by atoms with van der Waals surface area (Å²) >= 11 is 0. The molecule has 1 fully saturated rings. The minimum Gasteiger partial charge on any atom is -0.480 e. The largest absolute Gasteiger partial charge is 0.480 e. The number of amides is 3. The molecule has 0 aliphatic carbocycles. The van der Waals surface area contributed by atoms with Crippen LogP contribution in [-0.2, 0) is 25.7 Å². The Kier molecular flexibility index (Phi) is 7.97. The van der Waals surface area contributed by atoms with Gasteiger partial charge in [-0.3, -0.25) is 14.9 Å². The summed E-state index contributed by atoms with van der Waals surface area (Å²) in [5, 5.41) is 13.2. The molecule has 3 amide bonds. The highest BCUT2D eigenvalue weighted by Crippen LogP contribution is 2.01. The van der Waals surface area contributed by atoms with Gasteiger partial charge in [-0.05, 0) is 12.0 Å². The van der Waals surface area contributed by atoms with E-state index in [0.717, 1.165) is 5.56 Å². The molecule has 3 N–H and O–H groups in total. The van der Waals surface area contributed by atoms with Crippen molar-refractivity contribution >= 4 is 23.9 Å². The Morgan fingerprint density at radius 3 is 2.21 bits per heavy atom. The number of alkyl carbamates (subject to hydrolysis) is 1. The molecule has 130 valence electrons. The van der Waals surface area contributed by atoms with E-state index in [-0.39, 0.29) is 18.4 Å². The van der Waals surface area contributed by atoms with Crippen molar-refractivity contribution < 1.29 is 29.0 Å². The summed E-state index contributed by atoms with van der Waals surface area (Å²) in [7, 11) is 0. The van der Waals surface area contributed by atoms with Gasteiger partial charge >= 0.3 is 12.1 Å². The third kappa shape index (κ3) is 7.39. The first-order chi connectivity index (χ1) is 11.4. The van der Waals surface area contributed by atoms with Gasteiger partial charge in [0.1, 0.15) is 12.6 Å². The number of aliphatic carboxylic acids is 1. The Bertz CT molecular complexity index is 573. The Morgan fingerprint density at radius 2 is 1.79 bits per heavy atom. The van der Waals surface area contributed by atoms with Crippen LogP contribution in [0.15, 0.2) is 30.3 Å². The van der Waals surface area contributed by atoms with Crippen molar-refractivity contribution in [1.82, 2.24) is 10.6 Å². The number of carboxylic acids is 1. The number of nitrogens with one attached hydrogen (secondary N) is 2. The van der Waals surface area contributed by atoms with E-state index in [0.29, 0.717) is 19.3 Å². The van der Waals surface area contributed by atoms with Crippen LogP contribution in [0.1, 0.15) is 31.7 Å². The van der Waals surface area contributed by atoms with E-state index in [1.165, 1.54) is 0 Å². The molecule has 0 aromatic heterocycles. The lowest BCUT2D eigenvalue weighted by molar-refractivity contribution is -0.139. The number of benzene rings is 1. The highest BCUT2D eigenvalue weighted by atomic mass is 16.5. The quantitative estimate of drug-likeness (QED) is 0.695. The lowest BCUT2D eigenvalue weighted by Crippen LogP contribution is -2.40. The summed E-state index contributed by atoms with van der Waals surface area (Å²) in [5.74, 6) is -1.36. The Balaban J connectivity index is 0.000000341. The second-order valence-corrected chi connectivity index (χ2v) is 4.98. The normalized spacial score (nSPS) is 14.0. The van der Waals surface area contributed by atoms with Gasteiger partial charge < -0.3 is 15.2 Å². The maximum Gasteiger partial charge on any atom is 0.408 e. The third-order valence-corrected chi connectivity index (χ3v) is 3.07. The van der Waals surface area contributed by atoms with E-state index in [1.807, 2.05) is 30.3 Å². The molecule has 1 unspecified atom stereocenters. The SMILES string of the molecule is CCC(NC(=O)OCc1ccccc1)C(=O)O.O=C1CCC(=O)N1. The zero-order valence-corrected chi connectivity index (χ0v) is 13.3. The first-order valence-corrected chi connectivity index (χ1v) is 7.45. The van der Waals surface area contributed by atoms with Gasteiger partial charge in [0.25, 0.3) is 0 Å². The number of rotatable bonds is 5. The van der Waals surface area contributed by atoms with Gasteiger partial charge in [0.05, 0.1) is 0 Å². The van der Waals surface area contributed by atoms with Gasteiger partial charge in [-0.1, -0.05) is 37.3 Å². The number of carbonyl (C=O) groups is 4. The molecule has 8 heteroatoms. The van der Waals surface area contributed by atoms with E-state index in [4.69, 9.17) is 9.84 Å². The summed E-state index contributed by atoms with van der Waals surface area (Å²) < 4.78 is 4.90. The Labute approximate surface area is 139 Å². The highest BCUT2D eigenvalue weighted by molar-refractivity contribution is 6.01. The molecule has 1 aromatic rings. The van der Waals surface area contributed by atoms with Gasteiger partial charge in [0.15, 0.2) is 0 Å². The fraction of sp³-hybridized carbons (Fsp3) is 0.375. The van der Waals surface area contributed by atoms with E-state index in [9.17, 15) is 19.2 Å². The molecule has 0 bridgehead atoms. The number of hydrogen-bond acceptors (Lipinski definition) is 5. The van der Waals surface area contributed by atoms with Crippen LogP contribution in [-0.4, -0.2) is 35.0 Å². The van der Waals surface area contributed by atoms with E-state index in [1.54, 1.807) is 6.92 Å². The third-order valence-electron chi connectivity index (χ3n) is 3.07. The molecular weight excluding hydrogens is 316 g/mol. The van der Waals surface area contributed by atoms with Crippen LogP contribution in [0.3, 0.4) is 0 Å². The summed E-state index contributed by atoms with van der Waals surface area (Å²) in [6, 6.07) is 8.27. The average molecular weight is 336 g/mol. The Morgan fingerprint density at radius 1 is 1.21 bits per heavy atom. The van der Waals surface area contributed by atoms with E-state index >= 15 is 0 Å². The summed E-state index contributed by atoms with van der Waals surface area (Å²) in [6.45, 7) is 1.80. The molecule has 0 saturated carbocycles. The van der Waals surface area contributed by atoms with Gasteiger partial charge in [-0.2, -0.15) is 0 Å². The maximum atomic E-state index is 11.3. The monoisotopic (exact) mass is 336 g/mol. The lowest BCUT2D eigenvalue weighted by atomic mass is 10.2. The number of imide groups is 1. The number of hydrogen-bond donors (Lipinski definition) is 3. The van der Waals surface area contributed by atoms with Crippen molar-refractivity contribution in [3.05, 3.63) is 35.9 Å². The molecule has 1 atom stereocenters. The lowest BCUT2D eigenvalue weighted by Gasteiger charge is -2.12. The molecule has 1 aliphatic heterocycles. The van der Waals surface area contributed by atoms with Crippen molar-refractivity contribution in [2.24, 2.45) is 0 Å². The minimum atomic E-state index is -1.07. The van der Waals surface area contributed by atoms with Crippen LogP contribution >= 0.6 is 0 Å². The van der Waals surface area contributed by atoms with Crippen LogP contribution in [0.4, 0.5) is 4.79 Å². The number of ether oxygens (including phenoxy) is 1. The molecule has 0 radical (unpaired) electrons. The molecule has 24 heavy (non-hydrogen) atoms. The van der Waals surface area contributed by atoms with Crippen LogP contribution in [0.25, 0.3) is 0 Å². The number of carbonyl (C=O) groups excluding carboxylic acids is 3. The average Bonchev–Trinajstić information content (AvgIpc) is 2.95. The van der Waals surface area contributed by atoms with Gasteiger partial charge in [-0.15, -0.1) is 0 Å². The number of carboxylic acid groups (broad SMARTS) is 1. The second-order valence-electron chi connectivity index (χ2n) is 4.98. The zero-order valence-electron chi connectivity index (χ0n) is 13.3. The van der Waals surface area contributed by atoms with Crippen molar-refractivity contribution in [2.45, 2.75) is 38.8 Å². The highest BCUT2D eigenvalue weighted by Gasteiger charge is 2.18. The van der Waals surface area contributed by atoms with Crippen LogP contribution < -0.4 is 10.6 Å². The predicted octanol–water partition coefficient (Wildman–Crippen LogP) is 1.20. The van der Waals surface area contributed by atoms with Crippen LogP contribution in [0.5, 0.6) is 0 Å². The van der Waals surface area contributed by atoms with Crippen molar-refractivity contribution in [2.75, 3.05) is 0 Å². The van der Waals surface area contributed by atoms with Crippen molar-refractivity contribution in [1.29, 1.82) is 0 Å². The second kappa shape index (κ2) is 9.98. The predicted molar refractivity (Wildman–Crippen MR) is 83.9 cm³/mol. The summed E-state index contributed by atoms with van der Waals surface area (Å²) in [5.41, 5.74) is 0.853. The fourth-order valence-corrected chi connectivity index (χ4v) is 1.75. The molecule has 1 aromatic carbocycles.